The molecule has 0 spiro atoms. The second-order valence-electron chi connectivity index (χ2n) is 6.61. The Labute approximate surface area is 123 Å². The average Bonchev–Trinajstić information content (AvgIpc) is 2.42. The minimum Gasteiger partial charge on any atom is -0.496 e. The Hall–Kier alpha value is -1.06. The van der Waals surface area contributed by atoms with Crippen LogP contribution in [0.2, 0.25) is 0 Å². The third kappa shape index (κ3) is 3.74. The third-order valence-electron chi connectivity index (χ3n) is 4.46. The summed E-state index contributed by atoms with van der Waals surface area (Å²) in [5, 5.41) is 3.68. The molecule has 1 fully saturated rings. The van der Waals surface area contributed by atoms with Crippen molar-refractivity contribution in [3.8, 4) is 5.75 Å². The first-order chi connectivity index (χ1) is 9.53. The lowest BCUT2D eigenvalue weighted by Crippen LogP contribution is -2.52. The second-order valence-corrected chi connectivity index (χ2v) is 6.61. The zero-order valence-electron chi connectivity index (χ0n) is 13.3. The van der Waals surface area contributed by atoms with Crippen molar-refractivity contribution in [3.63, 3.8) is 0 Å². The first kappa shape index (κ1) is 15.3. The summed E-state index contributed by atoms with van der Waals surface area (Å²) in [4.78, 5) is 2.39. The molecular weight excluding hydrogens is 248 g/mol. The van der Waals surface area contributed by atoms with Gasteiger partial charge in [0, 0.05) is 24.7 Å². The van der Waals surface area contributed by atoms with E-state index in [0.717, 1.165) is 25.4 Å². The van der Waals surface area contributed by atoms with Crippen molar-refractivity contribution >= 4 is 0 Å². The van der Waals surface area contributed by atoms with Gasteiger partial charge in [0.25, 0.3) is 0 Å². The van der Waals surface area contributed by atoms with Crippen LogP contribution in [-0.4, -0.2) is 38.2 Å². The largest absolute Gasteiger partial charge is 0.496 e. The fourth-order valence-corrected chi connectivity index (χ4v) is 3.08. The van der Waals surface area contributed by atoms with Crippen LogP contribution in [0.3, 0.4) is 0 Å². The van der Waals surface area contributed by atoms with Gasteiger partial charge in [0.05, 0.1) is 7.11 Å². The summed E-state index contributed by atoms with van der Waals surface area (Å²) in [6.07, 6.45) is 2.60. The number of ether oxygens (including phenoxy) is 1. The van der Waals surface area contributed by atoms with Crippen LogP contribution in [0, 0.1) is 5.41 Å². The number of hydrogen-bond acceptors (Lipinski definition) is 3. The van der Waals surface area contributed by atoms with Gasteiger partial charge < -0.3 is 15.0 Å². The maximum Gasteiger partial charge on any atom is 0.123 e. The summed E-state index contributed by atoms with van der Waals surface area (Å²) in [5.74, 6) is 0.982. The molecule has 0 amide bonds. The Balaban J connectivity index is 1.96. The van der Waals surface area contributed by atoms with E-state index in [4.69, 9.17) is 4.74 Å². The first-order valence-electron chi connectivity index (χ1n) is 7.57. The number of hydrogen-bond donors (Lipinski definition) is 1. The topological polar surface area (TPSA) is 24.5 Å². The number of likely N-dealkylation sites (N-methyl/N-ethyl adjacent to an activating group) is 1. The molecule has 2 rings (SSSR count). The van der Waals surface area contributed by atoms with Crippen LogP contribution in [0.15, 0.2) is 24.3 Å². The average molecular weight is 276 g/mol. The normalized spacial score (nSPS) is 21.9. The van der Waals surface area contributed by atoms with Gasteiger partial charge in [-0.25, -0.2) is 0 Å². The second kappa shape index (κ2) is 6.59. The molecule has 1 saturated heterocycles. The van der Waals surface area contributed by atoms with Gasteiger partial charge in [-0.2, -0.15) is 0 Å². The molecule has 1 unspecified atom stereocenters. The van der Waals surface area contributed by atoms with Crippen molar-refractivity contribution in [1.29, 1.82) is 0 Å². The SMILES string of the molecule is COc1ccccc1CN(C)CC1NCCCC1(C)C. The van der Waals surface area contributed by atoms with Gasteiger partial charge in [0.15, 0.2) is 0 Å². The Morgan fingerprint density at radius 1 is 1.35 bits per heavy atom. The summed E-state index contributed by atoms with van der Waals surface area (Å²) in [6, 6.07) is 8.85. The minimum atomic E-state index is 0.382. The van der Waals surface area contributed by atoms with E-state index in [1.807, 2.05) is 12.1 Å². The molecule has 1 aromatic carbocycles. The number of nitrogens with one attached hydrogen (secondary N) is 1. The van der Waals surface area contributed by atoms with Gasteiger partial charge in [0.2, 0.25) is 0 Å². The summed E-state index contributed by atoms with van der Waals surface area (Å²) in [5.41, 5.74) is 1.64. The van der Waals surface area contributed by atoms with E-state index in [-0.39, 0.29) is 0 Å². The lowest BCUT2D eigenvalue weighted by atomic mass is 9.77. The summed E-state index contributed by atoms with van der Waals surface area (Å²) in [6.45, 7) is 7.90. The van der Waals surface area contributed by atoms with Gasteiger partial charge in [-0.05, 0) is 37.9 Å². The Kier molecular flexibility index (Phi) is 5.06. The quantitative estimate of drug-likeness (QED) is 0.895. The molecule has 0 aliphatic carbocycles. The highest BCUT2D eigenvalue weighted by molar-refractivity contribution is 5.33. The van der Waals surface area contributed by atoms with Crippen LogP contribution < -0.4 is 10.1 Å². The molecule has 1 aliphatic heterocycles. The monoisotopic (exact) mass is 276 g/mol. The molecule has 1 atom stereocenters. The molecule has 0 bridgehead atoms. The van der Waals surface area contributed by atoms with E-state index in [9.17, 15) is 0 Å². The van der Waals surface area contributed by atoms with E-state index in [1.165, 1.54) is 18.4 Å². The predicted molar refractivity (Wildman–Crippen MR) is 84.1 cm³/mol. The van der Waals surface area contributed by atoms with Crippen molar-refractivity contribution < 1.29 is 4.74 Å². The molecule has 0 aromatic heterocycles. The van der Waals surface area contributed by atoms with Crippen LogP contribution in [-0.2, 0) is 6.54 Å². The molecule has 3 heteroatoms. The Morgan fingerprint density at radius 3 is 2.80 bits per heavy atom. The number of para-hydroxylation sites is 1. The molecular formula is C17H28N2O. The van der Waals surface area contributed by atoms with Crippen LogP contribution in [0.1, 0.15) is 32.3 Å². The van der Waals surface area contributed by atoms with E-state index in [0.29, 0.717) is 11.5 Å². The summed E-state index contributed by atoms with van der Waals surface area (Å²) >= 11 is 0. The van der Waals surface area contributed by atoms with Crippen molar-refractivity contribution in [2.45, 2.75) is 39.3 Å². The van der Waals surface area contributed by atoms with Crippen molar-refractivity contribution in [3.05, 3.63) is 29.8 Å². The predicted octanol–water partition coefficient (Wildman–Crippen LogP) is 2.91. The molecule has 20 heavy (non-hydrogen) atoms. The minimum absolute atomic E-state index is 0.382. The van der Waals surface area contributed by atoms with Crippen molar-refractivity contribution in [1.82, 2.24) is 10.2 Å². The van der Waals surface area contributed by atoms with E-state index < -0.39 is 0 Å². The molecule has 1 aliphatic rings. The number of benzene rings is 1. The Morgan fingerprint density at radius 2 is 2.10 bits per heavy atom. The molecule has 0 saturated carbocycles. The maximum atomic E-state index is 5.43. The molecule has 0 radical (unpaired) electrons. The molecule has 1 heterocycles. The molecule has 1 aromatic rings. The lowest BCUT2D eigenvalue weighted by Gasteiger charge is -2.41. The highest BCUT2D eigenvalue weighted by Crippen LogP contribution is 2.30. The van der Waals surface area contributed by atoms with Crippen LogP contribution >= 0.6 is 0 Å². The maximum absolute atomic E-state index is 5.43. The summed E-state index contributed by atoms with van der Waals surface area (Å²) < 4.78 is 5.43. The smallest absolute Gasteiger partial charge is 0.123 e. The van der Waals surface area contributed by atoms with Crippen LogP contribution in [0.25, 0.3) is 0 Å². The lowest BCUT2D eigenvalue weighted by molar-refractivity contribution is 0.135. The van der Waals surface area contributed by atoms with Gasteiger partial charge >= 0.3 is 0 Å². The van der Waals surface area contributed by atoms with Gasteiger partial charge in [-0.3, -0.25) is 0 Å². The number of methoxy groups -OCH3 is 1. The number of nitrogens with zero attached hydrogens (tertiary/aromatic N) is 1. The number of rotatable bonds is 5. The van der Waals surface area contributed by atoms with Crippen molar-refractivity contribution in [2.75, 3.05) is 27.2 Å². The van der Waals surface area contributed by atoms with Crippen LogP contribution in [0.4, 0.5) is 0 Å². The van der Waals surface area contributed by atoms with Gasteiger partial charge in [-0.1, -0.05) is 32.0 Å². The zero-order chi connectivity index (χ0) is 14.6. The van der Waals surface area contributed by atoms with Gasteiger partial charge in [0.1, 0.15) is 5.75 Å². The number of piperidine rings is 1. The molecule has 112 valence electrons. The Bertz CT molecular complexity index is 431. The standard InChI is InChI=1S/C17H28N2O/c1-17(2)10-7-11-18-16(17)13-19(3)12-14-8-5-6-9-15(14)20-4/h5-6,8-9,16,18H,7,10-13H2,1-4H3. The van der Waals surface area contributed by atoms with E-state index in [1.54, 1.807) is 7.11 Å². The molecule has 3 nitrogen and oxygen atoms in total. The van der Waals surface area contributed by atoms with E-state index in [2.05, 4.69) is 43.2 Å². The highest BCUT2D eigenvalue weighted by atomic mass is 16.5. The first-order valence-corrected chi connectivity index (χ1v) is 7.57. The third-order valence-corrected chi connectivity index (χ3v) is 4.46. The van der Waals surface area contributed by atoms with E-state index >= 15 is 0 Å². The van der Waals surface area contributed by atoms with Crippen molar-refractivity contribution in [2.24, 2.45) is 5.41 Å². The highest BCUT2D eigenvalue weighted by Gasteiger charge is 2.32. The summed E-state index contributed by atoms with van der Waals surface area (Å²) in [7, 11) is 3.93. The fraction of sp³-hybridized carbons (Fsp3) is 0.647. The zero-order valence-corrected chi connectivity index (χ0v) is 13.3. The molecule has 1 N–H and O–H groups in total. The van der Waals surface area contributed by atoms with Gasteiger partial charge in [-0.15, -0.1) is 0 Å². The van der Waals surface area contributed by atoms with Crippen LogP contribution in [0.5, 0.6) is 5.75 Å². The fourth-order valence-electron chi connectivity index (χ4n) is 3.08.